The van der Waals surface area contributed by atoms with Gasteiger partial charge in [0.25, 0.3) is 0 Å². The van der Waals surface area contributed by atoms with Crippen molar-refractivity contribution >= 4 is 23.1 Å². The van der Waals surface area contributed by atoms with E-state index in [0.29, 0.717) is 17.3 Å². The van der Waals surface area contributed by atoms with Crippen molar-refractivity contribution in [1.29, 1.82) is 0 Å². The van der Waals surface area contributed by atoms with Gasteiger partial charge in [-0.2, -0.15) is 0 Å². The lowest BCUT2D eigenvalue weighted by Crippen LogP contribution is -1.96. The number of rotatable bonds is 4. The van der Waals surface area contributed by atoms with Crippen LogP contribution in [0.5, 0.6) is 0 Å². The summed E-state index contributed by atoms with van der Waals surface area (Å²) in [7, 11) is 0. The van der Waals surface area contributed by atoms with Crippen molar-refractivity contribution in [3.05, 3.63) is 59.9 Å². The van der Waals surface area contributed by atoms with Crippen LogP contribution in [-0.4, -0.2) is 20.5 Å². The van der Waals surface area contributed by atoms with Crippen LogP contribution in [0.15, 0.2) is 58.9 Å². The van der Waals surface area contributed by atoms with E-state index in [1.165, 1.54) is 5.56 Å². The molecule has 0 saturated carbocycles. The number of aromatic carboxylic acids is 1. The smallest absolute Gasteiger partial charge is 0.358 e. The Morgan fingerprint density at radius 2 is 1.87 bits per heavy atom. The quantitative estimate of drug-likeness (QED) is 0.717. The number of hydrogen-bond donors (Lipinski definition) is 1. The fourth-order valence-corrected chi connectivity index (χ4v) is 2.25. The Labute approximate surface area is 133 Å². The molecule has 1 aromatic carbocycles. The monoisotopic (exact) mass is 308 g/mol. The predicted octanol–water partition coefficient (Wildman–Crippen LogP) is 4.57. The van der Waals surface area contributed by atoms with Crippen LogP contribution in [0.3, 0.4) is 0 Å². The van der Waals surface area contributed by atoms with Gasteiger partial charge in [-0.25, -0.2) is 9.78 Å². The highest BCUT2D eigenvalue weighted by molar-refractivity contribution is 5.91. The van der Waals surface area contributed by atoms with Gasteiger partial charge in [-0.05, 0) is 35.7 Å². The number of nitrogens with zero attached hydrogens (tertiary/aromatic N) is 4. The molecule has 1 N–H and O–H groups in total. The summed E-state index contributed by atoms with van der Waals surface area (Å²) in [6, 6.07) is 13.0. The van der Waals surface area contributed by atoms with Crippen LogP contribution in [0.4, 0.5) is 11.5 Å². The maximum absolute atomic E-state index is 11.3. The zero-order valence-corrected chi connectivity index (χ0v) is 12.8. The molecule has 6 heteroatoms. The van der Waals surface area contributed by atoms with Gasteiger partial charge in [0.2, 0.25) is 0 Å². The van der Waals surface area contributed by atoms with Crippen LogP contribution in [-0.2, 0) is 0 Å². The maximum Gasteiger partial charge on any atom is 0.358 e. The lowest BCUT2D eigenvalue weighted by Gasteiger charge is -2.03. The maximum atomic E-state index is 11.3. The van der Waals surface area contributed by atoms with E-state index in [4.69, 9.17) is 0 Å². The highest BCUT2D eigenvalue weighted by Crippen LogP contribution is 2.25. The number of azo groups is 1. The van der Waals surface area contributed by atoms with Crippen molar-refractivity contribution < 1.29 is 9.90 Å². The molecule has 0 unspecified atom stereocenters. The highest BCUT2D eigenvalue weighted by atomic mass is 16.4. The molecule has 0 aliphatic rings. The molecule has 23 heavy (non-hydrogen) atoms. The SMILES string of the molecule is CC(C)c1ccc(N=Nc2c(C(=O)O)nc3ccccn23)cc1. The molecule has 3 aromatic rings. The van der Waals surface area contributed by atoms with E-state index in [1.807, 2.05) is 24.3 Å². The Bertz CT molecular complexity index is 879. The number of pyridine rings is 1. The van der Waals surface area contributed by atoms with Crippen LogP contribution in [0.2, 0.25) is 0 Å². The molecule has 2 heterocycles. The van der Waals surface area contributed by atoms with Gasteiger partial charge in [0, 0.05) is 6.20 Å². The summed E-state index contributed by atoms with van der Waals surface area (Å²) in [5.41, 5.74) is 2.29. The predicted molar refractivity (Wildman–Crippen MR) is 86.9 cm³/mol. The second kappa shape index (κ2) is 6.00. The summed E-state index contributed by atoms with van der Waals surface area (Å²) >= 11 is 0. The van der Waals surface area contributed by atoms with E-state index in [2.05, 4.69) is 29.1 Å². The second-order valence-corrected chi connectivity index (χ2v) is 5.46. The van der Waals surface area contributed by atoms with Gasteiger partial charge in [-0.3, -0.25) is 4.40 Å². The minimum absolute atomic E-state index is 0.112. The summed E-state index contributed by atoms with van der Waals surface area (Å²) in [4.78, 5) is 15.4. The zero-order chi connectivity index (χ0) is 16.4. The van der Waals surface area contributed by atoms with E-state index >= 15 is 0 Å². The van der Waals surface area contributed by atoms with E-state index in [9.17, 15) is 9.90 Å². The molecular weight excluding hydrogens is 292 g/mol. The summed E-state index contributed by atoms with van der Waals surface area (Å²) in [6.07, 6.45) is 1.71. The van der Waals surface area contributed by atoms with Crippen molar-refractivity contribution in [2.75, 3.05) is 0 Å². The first-order chi connectivity index (χ1) is 11.1. The Morgan fingerprint density at radius 3 is 2.52 bits per heavy atom. The molecule has 0 radical (unpaired) electrons. The number of benzene rings is 1. The summed E-state index contributed by atoms with van der Waals surface area (Å²) in [5, 5.41) is 17.5. The first-order valence-corrected chi connectivity index (χ1v) is 7.28. The summed E-state index contributed by atoms with van der Waals surface area (Å²) in [5.74, 6) is -0.475. The molecule has 2 aromatic heterocycles. The molecular formula is C17H16N4O2. The van der Waals surface area contributed by atoms with Crippen LogP contribution >= 0.6 is 0 Å². The number of imidazole rings is 1. The van der Waals surface area contributed by atoms with Crippen LogP contribution < -0.4 is 0 Å². The Hall–Kier alpha value is -3.02. The van der Waals surface area contributed by atoms with Crippen molar-refractivity contribution in [2.45, 2.75) is 19.8 Å². The topological polar surface area (TPSA) is 79.3 Å². The molecule has 116 valence electrons. The average molecular weight is 308 g/mol. The van der Waals surface area contributed by atoms with Crippen LogP contribution in [0, 0.1) is 0 Å². The van der Waals surface area contributed by atoms with Crippen molar-refractivity contribution in [2.24, 2.45) is 10.2 Å². The van der Waals surface area contributed by atoms with Gasteiger partial charge in [0.05, 0.1) is 5.69 Å². The molecule has 0 bridgehead atoms. The van der Waals surface area contributed by atoms with E-state index in [0.717, 1.165) is 0 Å². The first kappa shape index (κ1) is 14.9. The zero-order valence-electron chi connectivity index (χ0n) is 12.8. The van der Waals surface area contributed by atoms with Crippen molar-refractivity contribution in [1.82, 2.24) is 9.38 Å². The number of hydrogen-bond acceptors (Lipinski definition) is 4. The first-order valence-electron chi connectivity index (χ1n) is 7.28. The molecule has 6 nitrogen and oxygen atoms in total. The molecule has 3 rings (SSSR count). The van der Waals surface area contributed by atoms with Crippen molar-refractivity contribution in [3.8, 4) is 0 Å². The normalized spacial score (nSPS) is 11.6. The van der Waals surface area contributed by atoms with E-state index in [-0.39, 0.29) is 11.5 Å². The molecule has 0 aliphatic carbocycles. The number of fused-ring (bicyclic) bond motifs is 1. The number of carbonyl (C=O) groups is 1. The number of aromatic nitrogens is 2. The third-order valence-electron chi connectivity index (χ3n) is 3.53. The fourth-order valence-electron chi connectivity index (χ4n) is 2.25. The Morgan fingerprint density at radius 1 is 1.13 bits per heavy atom. The van der Waals surface area contributed by atoms with Gasteiger partial charge in [-0.1, -0.05) is 32.0 Å². The van der Waals surface area contributed by atoms with Gasteiger partial charge < -0.3 is 5.11 Å². The van der Waals surface area contributed by atoms with Gasteiger partial charge in [0.15, 0.2) is 11.5 Å². The van der Waals surface area contributed by atoms with Crippen molar-refractivity contribution in [3.63, 3.8) is 0 Å². The van der Waals surface area contributed by atoms with E-state index < -0.39 is 5.97 Å². The third kappa shape index (κ3) is 2.96. The largest absolute Gasteiger partial charge is 0.476 e. The molecule has 0 atom stereocenters. The highest BCUT2D eigenvalue weighted by Gasteiger charge is 2.17. The molecule has 0 amide bonds. The van der Waals surface area contributed by atoms with Crippen LogP contribution in [0.1, 0.15) is 35.8 Å². The van der Waals surface area contributed by atoms with Gasteiger partial charge >= 0.3 is 5.97 Å². The fraction of sp³-hybridized carbons (Fsp3) is 0.176. The Kier molecular flexibility index (Phi) is 3.89. The minimum Gasteiger partial charge on any atom is -0.476 e. The average Bonchev–Trinajstić information content (AvgIpc) is 2.92. The molecule has 0 aliphatic heterocycles. The minimum atomic E-state index is -1.13. The lowest BCUT2D eigenvalue weighted by atomic mass is 10.0. The summed E-state index contributed by atoms with van der Waals surface area (Å²) in [6.45, 7) is 4.24. The molecule has 0 spiro atoms. The third-order valence-corrected chi connectivity index (χ3v) is 3.53. The number of carboxylic acid groups (broad SMARTS) is 1. The molecule has 0 saturated heterocycles. The van der Waals surface area contributed by atoms with Crippen LogP contribution in [0.25, 0.3) is 5.65 Å². The molecule has 0 fully saturated rings. The van der Waals surface area contributed by atoms with E-state index in [1.54, 1.807) is 28.8 Å². The lowest BCUT2D eigenvalue weighted by molar-refractivity contribution is 0.0692. The van der Waals surface area contributed by atoms with Gasteiger partial charge in [-0.15, -0.1) is 10.2 Å². The second-order valence-electron chi connectivity index (χ2n) is 5.46. The summed E-state index contributed by atoms with van der Waals surface area (Å²) < 4.78 is 1.61. The Balaban J connectivity index is 2.00. The number of carboxylic acids is 1. The standard InChI is InChI=1S/C17H16N4O2/c1-11(2)12-6-8-13(9-7-12)19-20-16-15(17(22)23)18-14-5-3-4-10-21(14)16/h3-11H,1-2H3,(H,22,23). The van der Waals surface area contributed by atoms with Gasteiger partial charge in [0.1, 0.15) is 5.65 Å².